The number of hydrogen-bond donors (Lipinski definition) is 1. The highest BCUT2D eigenvalue weighted by atomic mass is 32.2. The summed E-state index contributed by atoms with van der Waals surface area (Å²) in [6.07, 6.45) is 1.27. The summed E-state index contributed by atoms with van der Waals surface area (Å²) in [4.78, 5) is 25.3. The van der Waals surface area contributed by atoms with Crippen LogP contribution in [0.5, 0.6) is 0 Å². The van der Waals surface area contributed by atoms with E-state index in [0.717, 1.165) is 6.42 Å². The van der Waals surface area contributed by atoms with Gasteiger partial charge in [0.15, 0.2) is 15.0 Å². The van der Waals surface area contributed by atoms with Gasteiger partial charge in [0, 0.05) is 19.6 Å². The van der Waals surface area contributed by atoms with Crippen molar-refractivity contribution in [2.24, 2.45) is 7.05 Å². The van der Waals surface area contributed by atoms with E-state index >= 15 is 0 Å². The SMILES string of the molecule is CCCN(C(=O)CSc1n[nH]c(=O)n1C)[C@@H]1CCS(=O)(=O)C1. The van der Waals surface area contributed by atoms with Gasteiger partial charge in [0.25, 0.3) is 0 Å². The van der Waals surface area contributed by atoms with Gasteiger partial charge in [-0.25, -0.2) is 18.3 Å². The number of carbonyl (C=O) groups is 1. The maximum Gasteiger partial charge on any atom is 0.343 e. The predicted octanol–water partition coefficient (Wildman–Crippen LogP) is -0.374. The summed E-state index contributed by atoms with van der Waals surface area (Å²) in [6.45, 7) is 2.49. The molecule has 1 aromatic rings. The molecule has 2 rings (SSSR count). The number of hydrogen-bond acceptors (Lipinski definition) is 6. The Kier molecular flexibility index (Phi) is 5.32. The molecule has 1 saturated heterocycles. The first kappa shape index (κ1) is 17.1. The lowest BCUT2D eigenvalue weighted by atomic mass is 10.2. The summed E-state index contributed by atoms with van der Waals surface area (Å²) >= 11 is 1.17. The second kappa shape index (κ2) is 6.86. The van der Waals surface area contributed by atoms with Crippen LogP contribution in [0.1, 0.15) is 19.8 Å². The van der Waals surface area contributed by atoms with Crippen LogP contribution in [0.2, 0.25) is 0 Å². The zero-order chi connectivity index (χ0) is 16.3. The molecule has 22 heavy (non-hydrogen) atoms. The van der Waals surface area contributed by atoms with E-state index in [1.165, 1.54) is 16.3 Å². The van der Waals surface area contributed by atoms with Crippen molar-refractivity contribution in [1.29, 1.82) is 0 Å². The fourth-order valence-electron chi connectivity index (χ4n) is 2.44. The molecule has 0 bridgehead atoms. The van der Waals surface area contributed by atoms with E-state index in [9.17, 15) is 18.0 Å². The van der Waals surface area contributed by atoms with Crippen molar-refractivity contribution in [2.75, 3.05) is 23.8 Å². The van der Waals surface area contributed by atoms with Crippen LogP contribution < -0.4 is 5.69 Å². The fraction of sp³-hybridized carbons (Fsp3) is 0.750. The maximum absolute atomic E-state index is 12.4. The van der Waals surface area contributed by atoms with Gasteiger partial charge < -0.3 is 4.90 Å². The molecule has 10 heteroatoms. The molecular weight excluding hydrogens is 328 g/mol. The molecule has 1 aliphatic heterocycles. The van der Waals surface area contributed by atoms with Crippen molar-refractivity contribution in [3.05, 3.63) is 10.5 Å². The molecule has 0 radical (unpaired) electrons. The highest BCUT2D eigenvalue weighted by Gasteiger charge is 2.34. The quantitative estimate of drug-likeness (QED) is 0.703. The Morgan fingerprint density at radius 3 is 2.77 bits per heavy atom. The number of amides is 1. The van der Waals surface area contributed by atoms with Gasteiger partial charge in [0.1, 0.15) is 0 Å². The van der Waals surface area contributed by atoms with E-state index in [-0.39, 0.29) is 34.9 Å². The van der Waals surface area contributed by atoms with Gasteiger partial charge in [-0.3, -0.25) is 9.36 Å². The Bertz CT molecular complexity index is 694. The summed E-state index contributed by atoms with van der Waals surface area (Å²) in [5, 5.41) is 6.59. The van der Waals surface area contributed by atoms with Crippen LogP contribution >= 0.6 is 11.8 Å². The van der Waals surface area contributed by atoms with E-state index in [0.29, 0.717) is 18.1 Å². The second-order valence-corrected chi connectivity index (χ2v) is 8.47. The van der Waals surface area contributed by atoms with Crippen molar-refractivity contribution in [2.45, 2.75) is 31.0 Å². The topological polar surface area (TPSA) is 105 Å². The molecule has 1 N–H and O–H groups in total. The maximum atomic E-state index is 12.4. The van der Waals surface area contributed by atoms with Crippen LogP contribution in [0, 0.1) is 0 Å². The molecule has 1 fully saturated rings. The van der Waals surface area contributed by atoms with E-state index in [1.54, 1.807) is 11.9 Å². The zero-order valence-electron chi connectivity index (χ0n) is 12.6. The lowest BCUT2D eigenvalue weighted by Crippen LogP contribution is -2.42. The smallest absolute Gasteiger partial charge is 0.338 e. The molecule has 0 aliphatic carbocycles. The summed E-state index contributed by atoms with van der Waals surface area (Å²) in [5.74, 6) is 0.204. The van der Waals surface area contributed by atoms with Crippen LogP contribution in [-0.4, -0.2) is 63.8 Å². The number of rotatable bonds is 6. The van der Waals surface area contributed by atoms with Crippen molar-refractivity contribution >= 4 is 27.5 Å². The molecule has 0 saturated carbocycles. The minimum atomic E-state index is -3.03. The summed E-state index contributed by atoms with van der Waals surface area (Å²) in [5.41, 5.74) is -0.331. The molecule has 0 aromatic carbocycles. The average molecular weight is 348 g/mol. The van der Waals surface area contributed by atoms with Crippen LogP contribution in [0.25, 0.3) is 0 Å². The highest BCUT2D eigenvalue weighted by molar-refractivity contribution is 7.99. The van der Waals surface area contributed by atoms with Gasteiger partial charge in [0.05, 0.1) is 17.3 Å². The highest BCUT2D eigenvalue weighted by Crippen LogP contribution is 2.20. The first-order valence-electron chi connectivity index (χ1n) is 7.08. The molecule has 124 valence electrons. The largest absolute Gasteiger partial charge is 0.343 e. The molecular formula is C12H20N4O4S2. The Balaban J connectivity index is 2.01. The molecule has 1 amide bonds. The third-order valence-corrected chi connectivity index (χ3v) is 6.36. The van der Waals surface area contributed by atoms with Gasteiger partial charge >= 0.3 is 5.69 Å². The molecule has 1 aromatic heterocycles. The zero-order valence-corrected chi connectivity index (χ0v) is 14.2. The third kappa shape index (κ3) is 3.92. The molecule has 1 aliphatic rings. The Labute approximate surface area is 133 Å². The van der Waals surface area contributed by atoms with Crippen molar-refractivity contribution in [1.82, 2.24) is 19.7 Å². The lowest BCUT2D eigenvalue weighted by Gasteiger charge is -2.27. The van der Waals surface area contributed by atoms with E-state index in [1.807, 2.05) is 6.92 Å². The van der Waals surface area contributed by atoms with Crippen LogP contribution in [0.4, 0.5) is 0 Å². The van der Waals surface area contributed by atoms with Gasteiger partial charge in [-0.1, -0.05) is 18.7 Å². The normalized spacial score (nSPS) is 20.2. The first-order chi connectivity index (χ1) is 10.3. The number of thioether (sulfide) groups is 1. The van der Waals surface area contributed by atoms with Gasteiger partial charge in [-0.2, -0.15) is 0 Å². The predicted molar refractivity (Wildman–Crippen MR) is 83.6 cm³/mol. The number of aromatic amines is 1. The third-order valence-electron chi connectivity index (χ3n) is 3.60. The number of nitrogens with zero attached hydrogens (tertiary/aromatic N) is 3. The minimum Gasteiger partial charge on any atom is -0.338 e. The molecule has 0 spiro atoms. The molecule has 2 heterocycles. The van der Waals surface area contributed by atoms with Crippen molar-refractivity contribution in [3.8, 4) is 0 Å². The Hall–Kier alpha value is -1.29. The van der Waals surface area contributed by atoms with Crippen LogP contribution in [0.15, 0.2) is 9.95 Å². The van der Waals surface area contributed by atoms with Gasteiger partial charge in [0.2, 0.25) is 5.91 Å². The Morgan fingerprint density at radius 2 is 2.27 bits per heavy atom. The van der Waals surface area contributed by atoms with Gasteiger partial charge in [-0.05, 0) is 12.8 Å². The van der Waals surface area contributed by atoms with E-state index in [2.05, 4.69) is 10.2 Å². The monoisotopic (exact) mass is 348 g/mol. The average Bonchev–Trinajstić information content (AvgIpc) is 2.97. The molecule has 0 unspecified atom stereocenters. The first-order valence-corrected chi connectivity index (χ1v) is 9.89. The Morgan fingerprint density at radius 1 is 1.55 bits per heavy atom. The minimum absolute atomic E-state index is 0.0459. The van der Waals surface area contributed by atoms with E-state index in [4.69, 9.17) is 0 Å². The number of carbonyl (C=O) groups excluding carboxylic acids is 1. The van der Waals surface area contributed by atoms with Crippen molar-refractivity contribution in [3.63, 3.8) is 0 Å². The van der Waals surface area contributed by atoms with Gasteiger partial charge in [-0.15, -0.1) is 5.10 Å². The molecule has 1 atom stereocenters. The molecule has 8 nitrogen and oxygen atoms in total. The summed E-state index contributed by atoms with van der Waals surface area (Å²) in [6, 6.07) is -0.235. The lowest BCUT2D eigenvalue weighted by molar-refractivity contribution is -0.130. The fourth-order valence-corrected chi connectivity index (χ4v) is 4.98. The number of H-pyrrole nitrogens is 1. The van der Waals surface area contributed by atoms with E-state index < -0.39 is 9.84 Å². The van der Waals surface area contributed by atoms with Crippen LogP contribution in [0.3, 0.4) is 0 Å². The second-order valence-electron chi connectivity index (χ2n) is 5.30. The van der Waals surface area contributed by atoms with Crippen LogP contribution in [-0.2, 0) is 21.7 Å². The summed E-state index contributed by atoms with van der Waals surface area (Å²) < 4.78 is 24.5. The number of aromatic nitrogens is 3. The standard InChI is InChI=1S/C12H20N4O4S2/c1-3-5-16(9-4-6-22(19,20)8-9)10(17)7-21-12-14-13-11(18)15(12)2/h9H,3-8H2,1-2H3,(H,13,18)/t9-/m1/s1. The number of sulfone groups is 1. The number of nitrogens with one attached hydrogen (secondary N) is 1. The summed E-state index contributed by atoms with van der Waals surface area (Å²) in [7, 11) is -1.45. The van der Waals surface area contributed by atoms with Crippen molar-refractivity contribution < 1.29 is 13.2 Å².